The molecule has 1 aliphatic heterocycles. The lowest BCUT2D eigenvalue weighted by molar-refractivity contribution is -0.274. The van der Waals surface area contributed by atoms with Crippen LogP contribution in [0, 0.1) is 5.92 Å². The van der Waals surface area contributed by atoms with E-state index in [9.17, 15) is 36.3 Å². The maximum Gasteiger partial charge on any atom is 0.573 e. The molecule has 2 amide bonds. The SMILES string of the molecule is COc1ccc([C@@H]2CN(c3ccnn(CC(F)F)c3=O)C(=O)C2CNC(=O)c2ccc(OC(F)(F)F)cc2)cc1. The molecule has 212 valence electrons. The van der Waals surface area contributed by atoms with E-state index >= 15 is 0 Å². The number of carbonyl (C=O) groups is 2. The van der Waals surface area contributed by atoms with Gasteiger partial charge in [0.2, 0.25) is 5.91 Å². The molecule has 4 rings (SSSR count). The molecular weight excluding hydrogens is 543 g/mol. The maximum atomic E-state index is 13.5. The zero-order chi connectivity index (χ0) is 29.0. The third-order valence-electron chi connectivity index (χ3n) is 6.32. The van der Waals surface area contributed by atoms with E-state index in [-0.39, 0.29) is 24.3 Å². The quantitative estimate of drug-likeness (QED) is 0.398. The molecule has 2 heterocycles. The van der Waals surface area contributed by atoms with E-state index in [4.69, 9.17) is 4.74 Å². The molecule has 0 saturated carbocycles. The monoisotopic (exact) mass is 566 g/mol. The first-order valence-electron chi connectivity index (χ1n) is 11.9. The van der Waals surface area contributed by atoms with E-state index in [1.54, 1.807) is 24.3 Å². The number of aromatic nitrogens is 2. The zero-order valence-corrected chi connectivity index (χ0v) is 20.9. The third kappa shape index (κ3) is 6.55. The molecule has 0 radical (unpaired) electrons. The first kappa shape index (κ1) is 28.5. The van der Waals surface area contributed by atoms with E-state index in [0.717, 1.165) is 30.5 Å². The minimum Gasteiger partial charge on any atom is -0.497 e. The topological polar surface area (TPSA) is 103 Å². The molecule has 1 fully saturated rings. The normalized spacial score (nSPS) is 17.3. The van der Waals surface area contributed by atoms with Crippen molar-refractivity contribution < 1.29 is 41.0 Å². The number of rotatable bonds is 9. The molecule has 1 unspecified atom stereocenters. The Morgan fingerprint density at radius 3 is 2.30 bits per heavy atom. The van der Waals surface area contributed by atoms with Gasteiger partial charge in [-0.15, -0.1) is 13.2 Å². The van der Waals surface area contributed by atoms with Gasteiger partial charge in [0.15, 0.2) is 0 Å². The van der Waals surface area contributed by atoms with Gasteiger partial charge < -0.3 is 19.7 Å². The van der Waals surface area contributed by atoms with Crippen LogP contribution in [-0.4, -0.2) is 54.6 Å². The number of benzene rings is 2. The lowest BCUT2D eigenvalue weighted by Gasteiger charge is -2.18. The van der Waals surface area contributed by atoms with Crippen LogP contribution in [0.1, 0.15) is 21.8 Å². The summed E-state index contributed by atoms with van der Waals surface area (Å²) in [5.41, 5.74) is -0.267. The smallest absolute Gasteiger partial charge is 0.497 e. The van der Waals surface area contributed by atoms with Crippen LogP contribution < -0.4 is 25.2 Å². The molecule has 0 spiro atoms. The van der Waals surface area contributed by atoms with Crippen LogP contribution in [0.2, 0.25) is 0 Å². The minimum atomic E-state index is -4.88. The number of alkyl halides is 5. The summed E-state index contributed by atoms with van der Waals surface area (Å²) in [6.45, 7) is -1.10. The number of halogens is 5. The van der Waals surface area contributed by atoms with Crippen molar-refractivity contribution in [1.29, 1.82) is 0 Å². The van der Waals surface area contributed by atoms with Crippen LogP contribution in [0.4, 0.5) is 27.6 Å². The highest BCUT2D eigenvalue weighted by molar-refractivity contribution is 5.99. The fourth-order valence-corrected chi connectivity index (χ4v) is 4.44. The number of hydrogen-bond acceptors (Lipinski definition) is 6. The van der Waals surface area contributed by atoms with Gasteiger partial charge in [-0.1, -0.05) is 12.1 Å². The van der Waals surface area contributed by atoms with E-state index in [0.29, 0.717) is 16.0 Å². The van der Waals surface area contributed by atoms with Crippen molar-refractivity contribution in [3.63, 3.8) is 0 Å². The van der Waals surface area contributed by atoms with Crippen LogP contribution in [0.3, 0.4) is 0 Å². The van der Waals surface area contributed by atoms with Crippen molar-refractivity contribution in [2.24, 2.45) is 5.92 Å². The summed E-state index contributed by atoms with van der Waals surface area (Å²) in [6.07, 6.45) is -6.57. The molecule has 1 aliphatic rings. The maximum absolute atomic E-state index is 13.5. The van der Waals surface area contributed by atoms with Crippen molar-refractivity contribution in [2.45, 2.75) is 25.3 Å². The Labute approximate surface area is 224 Å². The number of methoxy groups -OCH3 is 1. The van der Waals surface area contributed by atoms with Gasteiger partial charge in [-0.25, -0.2) is 13.5 Å². The Hall–Kier alpha value is -4.49. The largest absolute Gasteiger partial charge is 0.573 e. The molecule has 0 aliphatic carbocycles. The van der Waals surface area contributed by atoms with Gasteiger partial charge in [0.1, 0.15) is 23.7 Å². The second-order valence-corrected chi connectivity index (χ2v) is 8.81. The fraction of sp³-hybridized carbons (Fsp3) is 0.308. The van der Waals surface area contributed by atoms with E-state index in [1.165, 1.54) is 18.1 Å². The highest BCUT2D eigenvalue weighted by Gasteiger charge is 2.43. The number of hydrogen-bond donors (Lipinski definition) is 1. The summed E-state index contributed by atoms with van der Waals surface area (Å²) in [6, 6.07) is 12.4. The zero-order valence-electron chi connectivity index (χ0n) is 20.9. The number of ether oxygens (including phenoxy) is 2. The average molecular weight is 566 g/mol. The second-order valence-electron chi connectivity index (χ2n) is 8.81. The van der Waals surface area contributed by atoms with Crippen LogP contribution in [0.25, 0.3) is 0 Å². The summed E-state index contributed by atoms with van der Waals surface area (Å²) >= 11 is 0. The molecule has 1 saturated heterocycles. The summed E-state index contributed by atoms with van der Waals surface area (Å²) in [5.74, 6) is -2.49. The summed E-state index contributed by atoms with van der Waals surface area (Å²) < 4.78 is 72.6. The molecule has 40 heavy (non-hydrogen) atoms. The number of nitrogens with zero attached hydrogens (tertiary/aromatic N) is 3. The molecule has 0 bridgehead atoms. The van der Waals surface area contributed by atoms with Crippen molar-refractivity contribution >= 4 is 17.5 Å². The van der Waals surface area contributed by atoms with Crippen molar-refractivity contribution in [1.82, 2.24) is 15.1 Å². The van der Waals surface area contributed by atoms with Crippen LogP contribution >= 0.6 is 0 Å². The molecule has 9 nitrogen and oxygen atoms in total. The standard InChI is InChI=1S/C26H23F5N4O5/c1-39-17-6-2-15(3-7-17)20-13-34(21-10-11-33-35(25(21)38)14-22(27)28)24(37)19(20)12-32-23(36)16-4-8-18(9-5-16)40-26(29,30)31/h2-11,19-20,22H,12-14H2,1H3,(H,32,36)/t19?,20-/m0/s1. The van der Waals surface area contributed by atoms with E-state index in [1.807, 2.05) is 0 Å². The first-order chi connectivity index (χ1) is 19.0. The number of carbonyl (C=O) groups excluding carboxylic acids is 2. The Balaban J connectivity index is 1.57. The van der Waals surface area contributed by atoms with Crippen LogP contribution in [0.15, 0.2) is 65.6 Å². The molecular formula is C26H23F5N4O5. The lowest BCUT2D eigenvalue weighted by atomic mass is 9.88. The molecule has 2 aromatic carbocycles. The Bertz CT molecular complexity index is 1410. The number of nitrogens with one attached hydrogen (secondary N) is 1. The molecule has 2 atom stereocenters. The Morgan fingerprint density at radius 1 is 1.05 bits per heavy atom. The van der Waals surface area contributed by atoms with Crippen molar-refractivity contribution in [3.05, 3.63) is 82.3 Å². The van der Waals surface area contributed by atoms with E-state index in [2.05, 4.69) is 15.2 Å². The lowest BCUT2D eigenvalue weighted by Crippen LogP contribution is -2.38. The number of amides is 2. The van der Waals surface area contributed by atoms with Crippen LogP contribution in [-0.2, 0) is 11.3 Å². The highest BCUT2D eigenvalue weighted by atomic mass is 19.4. The predicted molar refractivity (Wildman–Crippen MR) is 132 cm³/mol. The molecule has 14 heteroatoms. The molecule has 3 aromatic rings. The minimum absolute atomic E-state index is 0.0170. The van der Waals surface area contributed by atoms with Gasteiger partial charge in [0.25, 0.3) is 17.9 Å². The van der Waals surface area contributed by atoms with E-state index < -0.39 is 54.3 Å². The summed E-state index contributed by atoms with van der Waals surface area (Å²) in [7, 11) is 1.49. The van der Waals surface area contributed by atoms with Gasteiger partial charge in [-0.2, -0.15) is 5.10 Å². The Morgan fingerprint density at radius 2 is 1.70 bits per heavy atom. The average Bonchev–Trinajstić information content (AvgIpc) is 3.23. The molecule has 1 N–H and O–H groups in total. The summed E-state index contributed by atoms with van der Waals surface area (Å²) in [4.78, 5) is 40.3. The Kier molecular flexibility index (Phi) is 8.35. The van der Waals surface area contributed by atoms with Gasteiger partial charge >= 0.3 is 6.36 Å². The fourth-order valence-electron chi connectivity index (χ4n) is 4.44. The highest BCUT2D eigenvalue weighted by Crippen LogP contribution is 2.36. The molecule has 1 aromatic heterocycles. The van der Waals surface area contributed by atoms with Crippen molar-refractivity contribution in [2.75, 3.05) is 25.1 Å². The van der Waals surface area contributed by atoms with Gasteiger partial charge in [-0.05, 0) is 48.0 Å². The third-order valence-corrected chi connectivity index (χ3v) is 6.32. The van der Waals surface area contributed by atoms with Gasteiger partial charge in [0, 0.05) is 30.8 Å². The van der Waals surface area contributed by atoms with Crippen molar-refractivity contribution in [3.8, 4) is 11.5 Å². The van der Waals surface area contributed by atoms with Gasteiger partial charge in [-0.3, -0.25) is 14.4 Å². The first-order valence-corrected chi connectivity index (χ1v) is 11.9. The van der Waals surface area contributed by atoms with Crippen LogP contribution in [0.5, 0.6) is 11.5 Å². The van der Waals surface area contributed by atoms with Gasteiger partial charge in [0.05, 0.1) is 13.0 Å². The summed E-state index contributed by atoms with van der Waals surface area (Å²) in [5, 5.41) is 6.27. The number of anilines is 1. The predicted octanol–water partition coefficient (Wildman–Crippen LogP) is 3.59. The second kappa shape index (κ2) is 11.7.